The largest absolute Gasteiger partial charge is 0.465 e. The van der Waals surface area contributed by atoms with E-state index < -0.39 is 47.3 Å². The Kier molecular flexibility index (Phi) is 84.6. The minimum Gasteiger partial charge on any atom is -0.465 e. The van der Waals surface area contributed by atoms with E-state index >= 15 is 0 Å². The first-order valence-electron chi connectivity index (χ1n) is 48.3. The fraction of sp³-hybridized carbons (Fsp3) is 0.850. The Morgan fingerprint density at radius 1 is 0.196 bits per heavy atom. The average molecular weight is 1580 g/mol. The van der Waals surface area contributed by atoms with E-state index in [1.54, 1.807) is 0 Å². The molecule has 0 unspecified atom stereocenters. The lowest BCUT2D eigenvalue weighted by molar-refractivity contribution is -0.172. The van der Waals surface area contributed by atoms with Gasteiger partial charge in [0, 0.05) is 32.1 Å². The van der Waals surface area contributed by atoms with Crippen molar-refractivity contribution in [1.82, 2.24) is 0 Å². The summed E-state index contributed by atoms with van der Waals surface area (Å²) in [6, 6.07) is 0. The Hall–Kier alpha value is -4.03. The van der Waals surface area contributed by atoms with Crippen LogP contribution in [0.2, 0.25) is 0 Å². The highest BCUT2D eigenvalue weighted by Gasteiger charge is 2.40. The number of aliphatic hydroxyl groups is 1. The van der Waals surface area contributed by atoms with Crippen molar-refractivity contribution in [2.24, 2.45) is 10.8 Å². The van der Waals surface area contributed by atoms with Crippen LogP contribution in [0, 0.1) is 10.8 Å². The standard InChI is InChI=1S/C100H182O12/c1-6-11-16-21-26-31-36-41-46-51-56-61-66-71-76-81-94(102)108-89-99(86-101,90-109-95(103)82-77-72-67-62-57-52-47-42-37-32-27-22-17-12-7-2)87-107-88-100(91-110-96(104)83-78-73-68-63-58-53-48-43-38-33-28-23-18-13-8-3,92-111-97(105)84-79-74-69-64-59-54-49-44-39-34-29-24-19-14-9-4)93-112-98(106)85-80-75-70-65-60-55-50-45-40-35-30-25-20-15-10-5/h41-50,101H,6-40,51-93H2,1-5H3/b46-41-,47-42-,48-43-,49-44-,50-45-. The van der Waals surface area contributed by atoms with E-state index in [0.717, 1.165) is 193 Å². The third-order valence-electron chi connectivity index (χ3n) is 22.1. The summed E-state index contributed by atoms with van der Waals surface area (Å²) in [4.78, 5) is 68.6. The highest BCUT2D eigenvalue weighted by molar-refractivity contribution is 5.71. The maximum atomic E-state index is 13.8. The lowest BCUT2D eigenvalue weighted by Crippen LogP contribution is -2.46. The molecule has 0 saturated carbocycles. The smallest absolute Gasteiger partial charge is 0.305 e. The summed E-state index contributed by atoms with van der Waals surface area (Å²) in [5, 5.41) is 11.4. The summed E-state index contributed by atoms with van der Waals surface area (Å²) < 4.78 is 37.0. The van der Waals surface area contributed by atoms with E-state index in [2.05, 4.69) is 95.4 Å². The fourth-order valence-electron chi connectivity index (χ4n) is 14.2. The quantitative estimate of drug-likeness (QED) is 0.0266. The van der Waals surface area contributed by atoms with Crippen LogP contribution in [-0.2, 0) is 52.4 Å². The number of carbonyl (C=O) groups is 5. The van der Waals surface area contributed by atoms with Gasteiger partial charge in [-0.05, 0) is 161 Å². The molecular formula is C100H182O12. The molecular weight excluding hydrogens is 1390 g/mol. The molecule has 0 aliphatic carbocycles. The van der Waals surface area contributed by atoms with Gasteiger partial charge in [0.25, 0.3) is 0 Å². The number of rotatable bonds is 90. The van der Waals surface area contributed by atoms with Crippen LogP contribution in [0.1, 0.15) is 484 Å². The van der Waals surface area contributed by atoms with Gasteiger partial charge in [-0.1, -0.05) is 352 Å². The molecule has 0 aromatic rings. The molecule has 1 N–H and O–H groups in total. The minimum absolute atomic E-state index is 0.206. The van der Waals surface area contributed by atoms with E-state index in [9.17, 15) is 29.1 Å². The number of aliphatic hydroxyl groups excluding tert-OH is 1. The van der Waals surface area contributed by atoms with E-state index in [1.165, 1.54) is 193 Å². The summed E-state index contributed by atoms with van der Waals surface area (Å²) in [6.07, 6.45) is 98.6. The van der Waals surface area contributed by atoms with Crippen LogP contribution < -0.4 is 0 Å². The first kappa shape index (κ1) is 108. The van der Waals surface area contributed by atoms with Gasteiger partial charge in [-0.25, -0.2) is 0 Å². The normalized spacial score (nSPS) is 12.2. The fourth-order valence-corrected chi connectivity index (χ4v) is 14.2. The van der Waals surface area contributed by atoms with Gasteiger partial charge in [0.15, 0.2) is 0 Å². The molecule has 12 nitrogen and oxygen atoms in total. The SMILES string of the molecule is CCCCCCCC/C=C\CCCCCCCC(=O)OCC(CO)(COCC(COC(=O)CCCCCCC/C=C\CCCCCCCC)(COC(=O)CCCCCCC/C=C\CCCCCCCC)COC(=O)CCCCCCC/C=C\CCCCCCCC)COC(=O)CCCCCCC/C=C\CCCCCCCC. The van der Waals surface area contributed by atoms with Gasteiger partial charge in [-0.3, -0.25) is 24.0 Å². The Balaban J connectivity index is 6.55. The Morgan fingerprint density at radius 3 is 0.509 bits per heavy atom. The van der Waals surface area contributed by atoms with Crippen molar-refractivity contribution in [2.45, 2.75) is 484 Å². The maximum Gasteiger partial charge on any atom is 0.305 e. The van der Waals surface area contributed by atoms with E-state index in [-0.39, 0.29) is 78.4 Å². The lowest BCUT2D eigenvalue weighted by atomic mass is 9.90. The molecule has 0 aliphatic rings. The zero-order valence-electron chi connectivity index (χ0n) is 74.4. The lowest BCUT2D eigenvalue weighted by Gasteiger charge is -2.35. The van der Waals surface area contributed by atoms with E-state index in [1.807, 2.05) is 0 Å². The molecule has 654 valence electrons. The van der Waals surface area contributed by atoms with Crippen molar-refractivity contribution in [3.63, 3.8) is 0 Å². The van der Waals surface area contributed by atoms with Crippen LogP contribution in [-0.4, -0.2) is 87.8 Å². The number of allylic oxidation sites excluding steroid dienone is 10. The van der Waals surface area contributed by atoms with Crippen molar-refractivity contribution in [3.05, 3.63) is 60.8 Å². The Morgan fingerprint density at radius 2 is 0.339 bits per heavy atom. The van der Waals surface area contributed by atoms with Gasteiger partial charge in [0.05, 0.1) is 30.7 Å². The summed E-state index contributed by atoms with van der Waals surface area (Å²) in [7, 11) is 0. The maximum absolute atomic E-state index is 13.8. The number of unbranched alkanes of at least 4 members (excludes halogenated alkanes) is 55. The first-order chi connectivity index (χ1) is 55.0. The summed E-state index contributed by atoms with van der Waals surface area (Å²) in [5.41, 5.74) is -2.72. The molecule has 0 spiro atoms. The zero-order chi connectivity index (χ0) is 81.4. The molecule has 0 aliphatic heterocycles. The van der Waals surface area contributed by atoms with Crippen LogP contribution in [0.4, 0.5) is 0 Å². The topological polar surface area (TPSA) is 161 Å². The molecule has 0 aromatic carbocycles. The second-order valence-electron chi connectivity index (χ2n) is 33.6. The molecule has 0 atom stereocenters. The van der Waals surface area contributed by atoms with Crippen LogP contribution >= 0.6 is 0 Å². The number of carbonyl (C=O) groups excluding carboxylic acids is 5. The molecule has 0 heterocycles. The highest BCUT2D eigenvalue weighted by Crippen LogP contribution is 2.28. The van der Waals surface area contributed by atoms with Crippen LogP contribution in [0.25, 0.3) is 0 Å². The summed E-state index contributed by atoms with van der Waals surface area (Å²) in [5.74, 6) is -2.01. The summed E-state index contributed by atoms with van der Waals surface area (Å²) in [6.45, 7) is 8.95. The van der Waals surface area contributed by atoms with Gasteiger partial charge < -0.3 is 33.5 Å². The molecule has 0 rings (SSSR count). The van der Waals surface area contributed by atoms with Crippen LogP contribution in [0.5, 0.6) is 0 Å². The minimum atomic E-state index is -1.37. The van der Waals surface area contributed by atoms with Gasteiger partial charge in [-0.15, -0.1) is 0 Å². The monoisotopic (exact) mass is 1580 g/mol. The van der Waals surface area contributed by atoms with E-state index in [4.69, 9.17) is 28.4 Å². The molecule has 0 fully saturated rings. The number of hydrogen-bond acceptors (Lipinski definition) is 12. The number of hydrogen-bond donors (Lipinski definition) is 1. The zero-order valence-corrected chi connectivity index (χ0v) is 74.4. The second-order valence-corrected chi connectivity index (χ2v) is 33.6. The average Bonchev–Trinajstić information content (AvgIpc) is 0.843. The third-order valence-corrected chi connectivity index (χ3v) is 22.1. The van der Waals surface area contributed by atoms with Gasteiger partial charge >= 0.3 is 29.8 Å². The van der Waals surface area contributed by atoms with E-state index in [0.29, 0.717) is 32.1 Å². The number of esters is 5. The highest BCUT2D eigenvalue weighted by atomic mass is 16.6. The van der Waals surface area contributed by atoms with Gasteiger partial charge in [0.2, 0.25) is 0 Å². The Bertz CT molecular complexity index is 2010. The predicted octanol–water partition coefficient (Wildman–Crippen LogP) is 29.9. The van der Waals surface area contributed by atoms with Crippen molar-refractivity contribution in [1.29, 1.82) is 0 Å². The van der Waals surface area contributed by atoms with Crippen molar-refractivity contribution < 1.29 is 57.5 Å². The van der Waals surface area contributed by atoms with Crippen molar-refractivity contribution >= 4 is 29.8 Å². The van der Waals surface area contributed by atoms with Crippen LogP contribution in [0.3, 0.4) is 0 Å². The molecule has 0 bridgehead atoms. The second kappa shape index (κ2) is 87.8. The van der Waals surface area contributed by atoms with Gasteiger partial charge in [-0.2, -0.15) is 0 Å². The molecule has 112 heavy (non-hydrogen) atoms. The van der Waals surface area contributed by atoms with Crippen LogP contribution in [0.15, 0.2) is 60.8 Å². The molecule has 0 radical (unpaired) electrons. The predicted molar refractivity (Wildman–Crippen MR) is 475 cm³/mol. The Labute approximate surface area is 692 Å². The van der Waals surface area contributed by atoms with Crippen molar-refractivity contribution in [3.8, 4) is 0 Å². The molecule has 0 aromatic heterocycles. The summed E-state index contributed by atoms with van der Waals surface area (Å²) >= 11 is 0. The third kappa shape index (κ3) is 78.5. The number of ether oxygens (including phenoxy) is 6. The first-order valence-corrected chi connectivity index (χ1v) is 48.3. The van der Waals surface area contributed by atoms with Gasteiger partial charge in [0.1, 0.15) is 33.0 Å². The molecule has 12 heteroatoms. The molecule has 0 saturated heterocycles. The molecule has 0 amide bonds. The van der Waals surface area contributed by atoms with Crippen molar-refractivity contribution in [2.75, 3.05) is 52.9 Å².